The molecule has 0 saturated carbocycles. The molecule has 0 spiro atoms. The van der Waals surface area contributed by atoms with Gasteiger partial charge in [-0.3, -0.25) is 4.99 Å². The van der Waals surface area contributed by atoms with E-state index in [9.17, 15) is 4.79 Å². The van der Waals surface area contributed by atoms with E-state index in [4.69, 9.17) is 9.84 Å². The molecule has 0 atom stereocenters. The van der Waals surface area contributed by atoms with E-state index >= 15 is 0 Å². The van der Waals surface area contributed by atoms with Crippen LogP contribution in [0.15, 0.2) is 53.5 Å². The van der Waals surface area contributed by atoms with Crippen molar-refractivity contribution in [2.75, 3.05) is 6.61 Å². The molecule has 0 fully saturated rings. The van der Waals surface area contributed by atoms with Crippen LogP contribution < -0.4 is 4.74 Å². The normalized spacial score (nSPS) is 11.1. The molecule has 2 aromatic carbocycles. The van der Waals surface area contributed by atoms with Crippen molar-refractivity contribution in [3.8, 4) is 5.75 Å². The molecule has 30 heavy (non-hydrogen) atoms. The van der Waals surface area contributed by atoms with Gasteiger partial charge in [-0.1, -0.05) is 76.8 Å². The molecule has 0 saturated heterocycles. The second-order valence-electron chi connectivity index (χ2n) is 7.71. The van der Waals surface area contributed by atoms with E-state index in [2.05, 4.69) is 11.9 Å². The zero-order valence-corrected chi connectivity index (χ0v) is 18.2. The number of carboxylic acids is 1. The van der Waals surface area contributed by atoms with Crippen LogP contribution in [0, 0.1) is 0 Å². The third-order valence-electron chi connectivity index (χ3n) is 5.12. The van der Waals surface area contributed by atoms with Gasteiger partial charge in [0.1, 0.15) is 5.75 Å². The van der Waals surface area contributed by atoms with Gasteiger partial charge in [0.05, 0.1) is 17.9 Å². The monoisotopic (exact) mass is 409 g/mol. The van der Waals surface area contributed by atoms with E-state index in [0.29, 0.717) is 0 Å². The van der Waals surface area contributed by atoms with E-state index in [0.717, 1.165) is 30.0 Å². The first-order chi connectivity index (χ1) is 14.7. The Morgan fingerprint density at radius 2 is 1.40 bits per heavy atom. The molecule has 162 valence electrons. The summed E-state index contributed by atoms with van der Waals surface area (Å²) in [6, 6.07) is 14.4. The predicted molar refractivity (Wildman–Crippen MR) is 124 cm³/mol. The maximum Gasteiger partial charge on any atom is 0.335 e. The molecule has 0 aromatic heterocycles. The number of nitrogens with zero attached hydrogens (tertiary/aromatic N) is 1. The number of carboxylic acid groups (broad SMARTS) is 1. The van der Waals surface area contributed by atoms with Crippen LogP contribution >= 0.6 is 0 Å². The number of aromatic carboxylic acids is 1. The Bertz CT molecular complexity index is 751. The van der Waals surface area contributed by atoms with Crippen LogP contribution in [-0.2, 0) is 0 Å². The maximum absolute atomic E-state index is 10.9. The van der Waals surface area contributed by atoms with Crippen molar-refractivity contribution in [3.05, 3.63) is 59.7 Å². The smallest absolute Gasteiger partial charge is 0.335 e. The first-order valence-electron chi connectivity index (χ1n) is 11.3. The summed E-state index contributed by atoms with van der Waals surface area (Å²) in [6.45, 7) is 3.02. The number of rotatable bonds is 15. The molecular formula is C26H35NO3. The van der Waals surface area contributed by atoms with Crippen LogP contribution in [0.1, 0.15) is 87.1 Å². The standard InChI is InChI=1S/C26H35NO3/c1-2-3-4-5-6-7-8-9-10-11-20-30-25-18-16-24(17-19-25)27-21-22-12-14-23(15-13-22)26(28)29/h12-19,21H,2-11,20H2,1H3,(H,28,29). The Labute approximate surface area is 181 Å². The lowest BCUT2D eigenvalue weighted by Gasteiger charge is -2.06. The van der Waals surface area contributed by atoms with Gasteiger partial charge in [0.15, 0.2) is 0 Å². The molecule has 2 rings (SSSR count). The number of benzene rings is 2. The topological polar surface area (TPSA) is 58.9 Å². The lowest BCUT2D eigenvalue weighted by Crippen LogP contribution is -1.97. The summed E-state index contributed by atoms with van der Waals surface area (Å²) in [5.41, 5.74) is 1.97. The van der Waals surface area contributed by atoms with E-state index < -0.39 is 5.97 Å². The minimum Gasteiger partial charge on any atom is -0.494 e. The third kappa shape index (κ3) is 9.73. The molecule has 0 aliphatic carbocycles. The molecule has 4 heteroatoms. The van der Waals surface area contributed by atoms with Crippen molar-refractivity contribution >= 4 is 17.9 Å². The van der Waals surface area contributed by atoms with Crippen molar-refractivity contribution < 1.29 is 14.6 Å². The Hall–Kier alpha value is -2.62. The summed E-state index contributed by atoms with van der Waals surface area (Å²) in [4.78, 5) is 15.3. The molecule has 0 radical (unpaired) electrons. The number of hydrogen-bond donors (Lipinski definition) is 1. The van der Waals surface area contributed by atoms with Crippen molar-refractivity contribution in [3.63, 3.8) is 0 Å². The van der Waals surface area contributed by atoms with Crippen LogP contribution in [0.2, 0.25) is 0 Å². The minimum absolute atomic E-state index is 0.274. The fourth-order valence-corrected chi connectivity index (χ4v) is 3.27. The van der Waals surface area contributed by atoms with Gasteiger partial charge in [-0.05, 0) is 48.4 Å². The first kappa shape index (κ1) is 23.7. The third-order valence-corrected chi connectivity index (χ3v) is 5.12. The summed E-state index contributed by atoms with van der Waals surface area (Å²) in [5, 5.41) is 8.92. The Morgan fingerprint density at radius 1 is 0.833 bits per heavy atom. The van der Waals surface area contributed by atoms with E-state index in [-0.39, 0.29) is 5.56 Å². The van der Waals surface area contributed by atoms with Gasteiger partial charge in [0.2, 0.25) is 0 Å². The van der Waals surface area contributed by atoms with E-state index in [1.807, 2.05) is 24.3 Å². The second-order valence-corrected chi connectivity index (χ2v) is 7.71. The van der Waals surface area contributed by atoms with Crippen molar-refractivity contribution in [1.82, 2.24) is 0 Å². The molecule has 0 heterocycles. The van der Waals surface area contributed by atoms with Crippen LogP contribution in [0.4, 0.5) is 5.69 Å². The first-order valence-corrected chi connectivity index (χ1v) is 11.3. The molecule has 0 amide bonds. The number of unbranched alkanes of at least 4 members (excludes halogenated alkanes) is 9. The molecule has 1 N–H and O–H groups in total. The number of aliphatic imine (C=N–C) groups is 1. The van der Waals surface area contributed by atoms with Crippen molar-refractivity contribution in [1.29, 1.82) is 0 Å². The summed E-state index contributed by atoms with van der Waals surface area (Å²) in [6.07, 6.45) is 15.0. The van der Waals surface area contributed by atoms with E-state index in [1.165, 1.54) is 57.8 Å². The highest BCUT2D eigenvalue weighted by Crippen LogP contribution is 2.19. The van der Waals surface area contributed by atoms with Gasteiger partial charge in [0.25, 0.3) is 0 Å². The highest BCUT2D eigenvalue weighted by Gasteiger charge is 2.00. The predicted octanol–water partition coefficient (Wildman–Crippen LogP) is 7.44. The van der Waals surface area contributed by atoms with Crippen LogP contribution in [0.3, 0.4) is 0 Å². The lowest BCUT2D eigenvalue weighted by atomic mass is 10.1. The Morgan fingerprint density at radius 3 is 1.97 bits per heavy atom. The SMILES string of the molecule is CCCCCCCCCCCCOc1ccc(N=Cc2ccc(C(=O)O)cc2)cc1. The Kier molecular flexibility index (Phi) is 11.3. The van der Waals surface area contributed by atoms with E-state index in [1.54, 1.807) is 30.5 Å². The zero-order valence-electron chi connectivity index (χ0n) is 18.2. The van der Waals surface area contributed by atoms with Gasteiger partial charge in [-0.15, -0.1) is 0 Å². The van der Waals surface area contributed by atoms with Crippen molar-refractivity contribution in [2.45, 2.75) is 71.1 Å². The van der Waals surface area contributed by atoms with Crippen LogP contribution in [0.5, 0.6) is 5.75 Å². The average molecular weight is 410 g/mol. The average Bonchev–Trinajstić information content (AvgIpc) is 2.77. The number of hydrogen-bond acceptors (Lipinski definition) is 3. The second kappa shape index (κ2) is 14.4. The van der Waals surface area contributed by atoms with Crippen molar-refractivity contribution in [2.24, 2.45) is 4.99 Å². The highest BCUT2D eigenvalue weighted by atomic mass is 16.5. The molecule has 2 aromatic rings. The fraction of sp³-hybridized carbons (Fsp3) is 0.462. The number of ether oxygens (including phenoxy) is 1. The minimum atomic E-state index is -0.924. The fourth-order valence-electron chi connectivity index (χ4n) is 3.27. The molecule has 0 aliphatic rings. The lowest BCUT2D eigenvalue weighted by molar-refractivity contribution is 0.0697. The zero-order chi connectivity index (χ0) is 21.4. The van der Waals surface area contributed by atoms with Gasteiger partial charge in [-0.25, -0.2) is 4.79 Å². The largest absolute Gasteiger partial charge is 0.494 e. The van der Waals surface area contributed by atoms with Gasteiger partial charge in [0, 0.05) is 6.21 Å². The molecular weight excluding hydrogens is 374 g/mol. The maximum atomic E-state index is 10.9. The van der Waals surface area contributed by atoms with Gasteiger partial charge >= 0.3 is 5.97 Å². The summed E-state index contributed by atoms with van der Waals surface area (Å²) >= 11 is 0. The molecule has 0 bridgehead atoms. The van der Waals surface area contributed by atoms with Gasteiger partial charge < -0.3 is 9.84 Å². The van der Waals surface area contributed by atoms with Gasteiger partial charge in [-0.2, -0.15) is 0 Å². The Balaban J connectivity index is 1.59. The van der Waals surface area contributed by atoms with Crippen LogP contribution in [0.25, 0.3) is 0 Å². The summed E-state index contributed by atoms with van der Waals surface area (Å²) in [7, 11) is 0. The highest BCUT2D eigenvalue weighted by molar-refractivity contribution is 5.89. The molecule has 0 aliphatic heterocycles. The number of carbonyl (C=O) groups is 1. The van der Waals surface area contributed by atoms with Crippen LogP contribution in [-0.4, -0.2) is 23.9 Å². The summed E-state index contributed by atoms with van der Waals surface area (Å²) in [5.74, 6) is -0.0532. The molecule has 0 unspecified atom stereocenters. The quantitative estimate of drug-likeness (QED) is 0.246. The molecule has 4 nitrogen and oxygen atoms in total. The summed E-state index contributed by atoms with van der Waals surface area (Å²) < 4.78 is 5.82.